The van der Waals surface area contributed by atoms with Crippen molar-refractivity contribution in [2.24, 2.45) is 5.92 Å². The van der Waals surface area contributed by atoms with Crippen molar-refractivity contribution in [2.75, 3.05) is 0 Å². The Balaban J connectivity index is 2.16. The molecule has 2 unspecified atom stereocenters. The van der Waals surface area contributed by atoms with E-state index in [9.17, 15) is 4.79 Å². The van der Waals surface area contributed by atoms with Gasteiger partial charge in [-0.1, -0.05) is 6.92 Å². The average Bonchev–Trinajstić information content (AvgIpc) is 2.16. The average molecular weight is 176 g/mol. The second kappa shape index (κ2) is 3.24. The van der Waals surface area contributed by atoms with E-state index in [1.807, 2.05) is 6.92 Å². The number of aromatic nitrogens is 2. The lowest BCUT2D eigenvalue weighted by molar-refractivity contribution is -0.131. The molecular formula is C10H12N2O. The Morgan fingerprint density at radius 2 is 2.38 bits per heavy atom. The largest absolute Gasteiger partial charge is 0.299 e. The lowest BCUT2D eigenvalue weighted by Crippen LogP contribution is -2.35. The maximum atomic E-state index is 11.2. The van der Waals surface area contributed by atoms with Crippen molar-refractivity contribution in [3.63, 3.8) is 0 Å². The summed E-state index contributed by atoms with van der Waals surface area (Å²) < 4.78 is 0. The summed E-state index contributed by atoms with van der Waals surface area (Å²) >= 11 is 0. The van der Waals surface area contributed by atoms with Gasteiger partial charge in [-0.25, -0.2) is 0 Å². The Bertz CT molecular complexity index is 310. The summed E-state index contributed by atoms with van der Waals surface area (Å²) in [7, 11) is 0. The molecule has 0 aromatic carbocycles. The van der Waals surface area contributed by atoms with E-state index in [1.54, 1.807) is 18.6 Å². The van der Waals surface area contributed by atoms with Gasteiger partial charge in [0.15, 0.2) is 0 Å². The second-order valence-electron chi connectivity index (χ2n) is 3.42. The fourth-order valence-corrected chi connectivity index (χ4v) is 1.90. The molecule has 1 heterocycles. The molecule has 68 valence electrons. The Morgan fingerprint density at radius 3 is 2.92 bits per heavy atom. The molecule has 0 N–H and O–H groups in total. The maximum absolute atomic E-state index is 11.2. The summed E-state index contributed by atoms with van der Waals surface area (Å²) in [6.07, 6.45) is 6.67. The van der Waals surface area contributed by atoms with Gasteiger partial charge < -0.3 is 0 Å². The van der Waals surface area contributed by atoms with Gasteiger partial charge in [0.25, 0.3) is 0 Å². The molecule has 1 fully saturated rings. The number of nitrogens with zero attached hydrogens (tertiary/aromatic N) is 2. The molecule has 1 aliphatic rings. The zero-order chi connectivity index (χ0) is 9.26. The van der Waals surface area contributed by atoms with E-state index in [0.29, 0.717) is 18.1 Å². The van der Waals surface area contributed by atoms with Gasteiger partial charge in [-0.15, -0.1) is 0 Å². The standard InChI is InChI=1S/C10H12N2O/c1-2-7-8(5-10(7)13)9-6-11-3-4-12-9/h3-4,6-8H,2,5H2,1H3. The fourth-order valence-electron chi connectivity index (χ4n) is 1.90. The Hall–Kier alpha value is -1.25. The molecule has 0 bridgehead atoms. The highest BCUT2D eigenvalue weighted by Crippen LogP contribution is 2.40. The number of rotatable bonds is 2. The molecule has 1 saturated carbocycles. The van der Waals surface area contributed by atoms with Gasteiger partial charge in [0.1, 0.15) is 5.78 Å². The second-order valence-corrected chi connectivity index (χ2v) is 3.42. The van der Waals surface area contributed by atoms with E-state index in [4.69, 9.17) is 0 Å². The highest BCUT2D eigenvalue weighted by Gasteiger charge is 2.39. The van der Waals surface area contributed by atoms with Gasteiger partial charge in [-0.05, 0) is 6.42 Å². The molecule has 0 saturated heterocycles. The number of ketones is 1. The van der Waals surface area contributed by atoms with E-state index in [-0.39, 0.29) is 5.92 Å². The first-order valence-electron chi connectivity index (χ1n) is 4.61. The summed E-state index contributed by atoms with van der Waals surface area (Å²) in [5.74, 6) is 0.890. The van der Waals surface area contributed by atoms with Crippen LogP contribution >= 0.6 is 0 Å². The van der Waals surface area contributed by atoms with Crippen molar-refractivity contribution in [1.82, 2.24) is 9.97 Å². The zero-order valence-electron chi connectivity index (χ0n) is 7.60. The van der Waals surface area contributed by atoms with Crippen LogP contribution in [0.1, 0.15) is 31.4 Å². The molecule has 0 radical (unpaired) electrons. The monoisotopic (exact) mass is 176 g/mol. The quantitative estimate of drug-likeness (QED) is 0.686. The molecule has 1 aliphatic carbocycles. The van der Waals surface area contributed by atoms with Gasteiger partial charge in [0.05, 0.1) is 5.69 Å². The maximum Gasteiger partial charge on any atom is 0.137 e. The van der Waals surface area contributed by atoms with E-state index in [2.05, 4.69) is 9.97 Å². The Morgan fingerprint density at radius 1 is 1.54 bits per heavy atom. The minimum atomic E-state index is 0.191. The smallest absolute Gasteiger partial charge is 0.137 e. The van der Waals surface area contributed by atoms with Gasteiger partial charge >= 0.3 is 0 Å². The zero-order valence-corrected chi connectivity index (χ0v) is 7.60. The number of carbonyl (C=O) groups is 1. The minimum absolute atomic E-state index is 0.191. The van der Waals surface area contributed by atoms with Crippen LogP contribution < -0.4 is 0 Å². The van der Waals surface area contributed by atoms with E-state index in [1.165, 1.54) is 0 Å². The van der Waals surface area contributed by atoms with Crippen LogP contribution in [0.15, 0.2) is 18.6 Å². The summed E-state index contributed by atoms with van der Waals surface area (Å²) in [5, 5.41) is 0. The molecule has 1 aromatic rings. The molecule has 0 aliphatic heterocycles. The Labute approximate surface area is 77.2 Å². The predicted octanol–water partition coefficient (Wildman–Crippen LogP) is 1.56. The minimum Gasteiger partial charge on any atom is -0.299 e. The topological polar surface area (TPSA) is 42.9 Å². The molecule has 3 nitrogen and oxygen atoms in total. The van der Waals surface area contributed by atoms with E-state index >= 15 is 0 Å². The number of Topliss-reactive ketones (excluding diaryl/α,β-unsaturated/α-hetero) is 1. The van der Waals surface area contributed by atoms with Gasteiger partial charge in [0, 0.05) is 36.8 Å². The first-order chi connectivity index (χ1) is 6.33. The van der Waals surface area contributed by atoms with Crippen molar-refractivity contribution in [2.45, 2.75) is 25.7 Å². The third-order valence-corrected chi connectivity index (χ3v) is 2.72. The van der Waals surface area contributed by atoms with Crippen molar-refractivity contribution < 1.29 is 4.79 Å². The van der Waals surface area contributed by atoms with Crippen LogP contribution in [0.3, 0.4) is 0 Å². The molecule has 2 atom stereocenters. The van der Waals surface area contributed by atoms with Crippen LogP contribution in [0.4, 0.5) is 0 Å². The van der Waals surface area contributed by atoms with E-state index in [0.717, 1.165) is 12.1 Å². The number of hydrogen-bond donors (Lipinski definition) is 0. The SMILES string of the molecule is CCC1C(=O)CC1c1cnccn1. The lowest BCUT2D eigenvalue weighted by atomic mass is 9.69. The molecule has 0 spiro atoms. The van der Waals surface area contributed by atoms with Crippen LogP contribution in [0.2, 0.25) is 0 Å². The van der Waals surface area contributed by atoms with Crippen molar-refractivity contribution in [1.29, 1.82) is 0 Å². The predicted molar refractivity (Wildman–Crippen MR) is 48.2 cm³/mol. The van der Waals surface area contributed by atoms with Crippen molar-refractivity contribution >= 4 is 5.78 Å². The molecule has 13 heavy (non-hydrogen) atoms. The third-order valence-electron chi connectivity index (χ3n) is 2.72. The third kappa shape index (κ3) is 1.34. The van der Waals surface area contributed by atoms with Gasteiger partial charge in [-0.2, -0.15) is 0 Å². The van der Waals surface area contributed by atoms with E-state index < -0.39 is 0 Å². The highest BCUT2D eigenvalue weighted by atomic mass is 16.1. The van der Waals surface area contributed by atoms with Crippen molar-refractivity contribution in [3.05, 3.63) is 24.3 Å². The summed E-state index contributed by atoms with van der Waals surface area (Å²) in [6.45, 7) is 2.05. The van der Waals surface area contributed by atoms with Gasteiger partial charge in [0.2, 0.25) is 0 Å². The highest BCUT2D eigenvalue weighted by molar-refractivity contribution is 5.89. The van der Waals surface area contributed by atoms with Crippen LogP contribution in [0, 0.1) is 5.92 Å². The van der Waals surface area contributed by atoms with Crippen LogP contribution in [0.25, 0.3) is 0 Å². The van der Waals surface area contributed by atoms with Gasteiger partial charge in [-0.3, -0.25) is 14.8 Å². The lowest BCUT2D eigenvalue weighted by Gasteiger charge is -2.33. The summed E-state index contributed by atoms with van der Waals surface area (Å²) in [5.41, 5.74) is 0.967. The summed E-state index contributed by atoms with van der Waals surface area (Å²) in [6, 6.07) is 0. The molecule has 2 rings (SSSR count). The molecule has 1 aromatic heterocycles. The van der Waals surface area contributed by atoms with Crippen molar-refractivity contribution in [3.8, 4) is 0 Å². The fraction of sp³-hybridized carbons (Fsp3) is 0.500. The summed E-state index contributed by atoms with van der Waals surface area (Å²) in [4.78, 5) is 19.4. The van der Waals surface area contributed by atoms with Crippen LogP contribution in [0.5, 0.6) is 0 Å². The normalized spacial score (nSPS) is 27.0. The molecular weight excluding hydrogens is 164 g/mol. The molecule has 0 amide bonds. The first kappa shape index (κ1) is 8.35. The first-order valence-corrected chi connectivity index (χ1v) is 4.61. The number of hydrogen-bond acceptors (Lipinski definition) is 3. The van der Waals surface area contributed by atoms with Crippen LogP contribution in [-0.2, 0) is 4.79 Å². The molecule has 3 heteroatoms. The number of carbonyl (C=O) groups excluding carboxylic acids is 1. The Kier molecular flexibility index (Phi) is 2.08. The van der Waals surface area contributed by atoms with Crippen LogP contribution in [-0.4, -0.2) is 15.8 Å².